The van der Waals surface area contributed by atoms with Crippen LogP contribution in [0.1, 0.15) is 22.9 Å². The molecule has 0 radical (unpaired) electrons. The Bertz CT molecular complexity index is 1430. The molecule has 4 aromatic rings. The molecule has 5 rings (SSSR count). The van der Waals surface area contributed by atoms with Crippen molar-refractivity contribution in [1.29, 1.82) is 0 Å². The van der Waals surface area contributed by atoms with E-state index in [9.17, 15) is 8.42 Å². The molecule has 170 valence electrons. The number of benzene rings is 3. The molecule has 0 spiro atoms. The number of sulfonamides is 1. The van der Waals surface area contributed by atoms with Crippen molar-refractivity contribution in [1.82, 2.24) is 9.29 Å². The number of ether oxygens (including phenoxy) is 2. The average molecular weight is 483 g/mol. The van der Waals surface area contributed by atoms with Gasteiger partial charge in [0.15, 0.2) is 0 Å². The lowest BCUT2D eigenvalue weighted by atomic mass is 9.94. The van der Waals surface area contributed by atoms with Crippen molar-refractivity contribution in [3.8, 4) is 11.5 Å². The van der Waals surface area contributed by atoms with E-state index in [1.165, 1.54) is 7.11 Å². The summed E-state index contributed by atoms with van der Waals surface area (Å²) in [5.41, 5.74) is 3.73. The molecule has 1 aromatic heterocycles. The van der Waals surface area contributed by atoms with E-state index >= 15 is 0 Å². The number of hydrogen-bond donors (Lipinski definition) is 1. The summed E-state index contributed by atoms with van der Waals surface area (Å²) < 4.78 is 39.8. The lowest BCUT2D eigenvalue weighted by Crippen LogP contribution is -2.40. The first-order chi connectivity index (χ1) is 15.9. The fraction of sp³-hybridized carbons (Fsp3) is 0.200. The maximum atomic E-state index is 13.9. The summed E-state index contributed by atoms with van der Waals surface area (Å²) in [5, 5.41) is 1.67. The molecule has 0 amide bonds. The number of fused-ring (bicyclic) bond motifs is 3. The summed E-state index contributed by atoms with van der Waals surface area (Å²) in [6, 6.07) is 19.3. The molecule has 0 saturated heterocycles. The molecule has 33 heavy (non-hydrogen) atoms. The summed E-state index contributed by atoms with van der Waals surface area (Å²) in [4.78, 5) is 3.67. The Morgan fingerprint density at radius 1 is 0.970 bits per heavy atom. The van der Waals surface area contributed by atoms with Crippen LogP contribution in [0.5, 0.6) is 11.5 Å². The molecular weight excluding hydrogens is 460 g/mol. The standard InChI is InChI=1S/C25H23ClN2O4S/c1-31-18-9-6-16(7-10-18)25-24-21(22-14-17(26)8-11-23(22)27-24)12-13-28(25)33(29,30)20-5-3-4-19(15-20)32-2/h3-11,14-15,25,27H,12-13H2,1-2H3. The van der Waals surface area contributed by atoms with Crippen molar-refractivity contribution in [3.63, 3.8) is 0 Å². The third-order valence-electron chi connectivity index (χ3n) is 6.12. The Morgan fingerprint density at radius 2 is 1.73 bits per heavy atom. The smallest absolute Gasteiger partial charge is 0.244 e. The van der Waals surface area contributed by atoms with Crippen LogP contribution in [0.4, 0.5) is 0 Å². The van der Waals surface area contributed by atoms with Gasteiger partial charge in [0.1, 0.15) is 11.5 Å². The molecule has 2 heterocycles. The number of hydrogen-bond acceptors (Lipinski definition) is 4. The highest BCUT2D eigenvalue weighted by atomic mass is 35.5. The predicted molar refractivity (Wildman–Crippen MR) is 129 cm³/mol. The molecule has 3 aromatic carbocycles. The van der Waals surface area contributed by atoms with Crippen molar-refractivity contribution in [2.45, 2.75) is 17.4 Å². The van der Waals surface area contributed by atoms with Gasteiger partial charge < -0.3 is 14.5 Å². The fourth-order valence-corrected chi connectivity index (χ4v) is 6.31. The zero-order chi connectivity index (χ0) is 23.2. The van der Waals surface area contributed by atoms with Crippen LogP contribution in [0.15, 0.2) is 71.6 Å². The van der Waals surface area contributed by atoms with Gasteiger partial charge >= 0.3 is 0 Å². The molecule has 1 aliphatic heterocycles. The monoisotopic (exact) mass is 482 g/mol. The summed E-state index contributed by atoms with van der Waals surface area (Å²) in [6.45, 7) is 0.336. The predicted octanol–water partition coefficient (Wildman–Crippen LogP) is 5.17. The highest BCUT2D eigenvalue weighted by Gasteiger charge is 2.39. The first-order valence-corrected chi connectivity index (χ1v) is 12.3. The first kappa shape index (κ1) is 21.8. The summed E-state index contributed by atoms with van der Waals surface area (Å²) >= 11 is 6.27. The Hall–Kier alpha value is -3.00. The molecule has 1 aliphatic rings. The minimum atomic E-state index is -3.82. The topological polar surface area (TPSA) is 71.6 Å². The lowest BCUT2D eigenvalue weighted by molar-refractivity contribution is 0.339. The van der Waals surface area contributed by atoms with Gasteiger partial charge in [-0.15, -0.1) is 0 Å². The maximum absolute atomic E-state index is 13.9. The number of nitrogens with zero attached hydrogens (tertiary/aromatic N) is 1. The van der Waals surface area contributed by atoms with Crippen molar-refractivity contribution < 1.29 is 17.9 Å². The van der Waals surface area contributed by atoms with E-state index in [2.05, 4.69) is 4.98 Å². The van der Waals surface area contributed by atoms with Crippen molar-refractivity contribution in [3.05, 3.63) is 88.6 Å². The molecule has 6 nitrogen and oxygen atoms in total. The number of H-pyrrole nitrogens is 1. The fourth-order valence-electron chi connectivity index (χ4n) is 4.51. The lowest BCUT2D eigenvalue weighted by Gasteiger charge is -2.35. The summed E-state index contributed by atoms with van der Waals surface area (Å²) in [7, 11) is -0.692. The van der Waals surface area contributed by atoms with Gasteiger partial charge in [-0.25, -0.2) is 8.42 Å². The SMILES string of the molecule is COc1ccc(C2c3[nH]c4ccc(Cl)cc4c3CCN2S(=O)(=O)c2cccc(OC)c2)cc1. The minimum absolute atomic E-state index is 0.197. The highest BCUT2D eigenvalue weighted by Crippen LogP contribution is 2.42. The molecule has 1 atom stereocenters. The molecule has 0 aliphatic carbocycles. The first-order valence-electron chi connectivity index (χ1n) is 10.5. The Morgan fingerprint density at radius 3 is 2.45 bits per heavy atom. The van der Waals surface area contributed by atoms with Crippen LogP contribution in [0, 0.1) is 0 Å². The molecule has 0 bridgehead atoms. The number of aromatic amines is 1. The molecule has 8 heteroatoms. The van der Waals surface area contributed by atoms with Gasteiger partial charge in [0, 0.05) is 34.2 Å². The molecule has 1 N–H and O–H groups in total. The molecular formula is C25H23ClN2O4S. The van der Waals surface area contributed by atoms with Gasteiger partial charge in [-0.2, -0.15) is 4.31 Å². The average Bonchev–Trinajstić information content (AvgIpc) is 3.21. The van der Waals surface area contributed by atoms with E-state index in [0.29, 0.717) is 29.5 Å². The van der Waals surface area contributed by atoms with E-state index in [1.54, 1.807) is 35.7 Å². The van der Waals surface area contributed by atoms with Crippen LogP contribution in [-0.2, 0) is 16.4 Å². The second kappa shape index (κ2) is 8.41. The van der Waals surface area contributed by atoms with Crippen LogP contribution < -0.4 is 9.47 Å². The van der Waals surface area contributed by atoms with Crippen LogP contribution in [0.25, 0.3) is 10.9 Å². The number of methoxy groups -OCH3 is 2. The minimum Gasteiger partial charge on any atom is -0.497 e. The normalized spacial score (nSPS) is 16.5. The van der Waals surface area contributed by atoms with Crippen molar-refractivity contribution in [2.75, 3.05) is 20.8 Å². The second-order valence-corrected chi connectivity index (χ2v) is 10.3. The third-order valence-corrected chi connectivity index (χ3v) is 8.22. The summed E-state index contributed by atoms with van der Waals surface area (Å²) in [5.74, 6) is 1.20. The van der Waals surface area contributed by atoms with Gasteiger partial charge in [0.2, 0.25) is 10.0 Å². The highest BCUT2D eigenvalue weighted by molar-refractivity contribution is 7.89. The van der Waals surface area contributed by atoms with E-state index in [0.717, 1.165) is 27.7 Å². The number of rotatable bonds is 5. The zero-order valence-corrected chi connectivity index (χ0v) is 19.8. The second-order valence-electron chi connectivity index (χ2n) is 7.93. The molecule has 1 unspecified atom stereocenters. The summed E-state index contributed by atoms with van der Waals surface area (Å²) in [6.07, 6.45) is 0.575. The van der Waals surface area contributed by atoms with E-state index < -0.39 is 16.1 Å². The maximum Gasteiger partial charge on any atom is 0.244 e. The van der Waals surface area contributed by atoms with E-state index in [4.69, 9.17) is 21.1 Å². The number of halogens is 1. The van der Waals surface area contributed by atoms with Gasteiger partial charge in [-0.05, 0) is 60.0 Å². The Labute approximate surface area is 197 Å². The Balaban J connectivity index is 1.69. The number of aromatic nitrogens is 1. The van der Waals surface area contributed by atoms with E-state index in [1.807, 2.05) is 42.5 Å². The van der Waals surface area contributed by atoms with Gasteiger partial charge in [0.05, 0.1) is 25.2 Å². The molecule has 0 fully saturated rings. The van der Waals surface area contributed by atoms with Gasteiger partial charge in [0.25, 0.3) is 0 Å². The number of nitrogens with one attached hydrogen (secondary N) is 1. The van der Waals surface area contributed by atoms with Crippen molar-refractivity contribution in [2.24, 2.45) is 0 Å². The Kier molecular flexibility index (Phi) is 5.56. The zero-order valence-electron chi connectivity index (χ0n) is 18.2. The van der Waals surface area contributed by atoms with Crippen LogP contribution in [-0.4, -0.2) is 38.5 Å². The van der Waals surface area contributed by atoms with Gasteiger partial charge in [-0.3, -0.25) is 0 Å². The van der Waals surface area contributed by atoms with E-state index in [-0.39, 0.29) is 4.90 Å². The van der Waals surface area contributed by atoms with Crippen LogP contribution in [0.2, 0.25) is 5.02 Å². The molecule has 0 saturated carbocycles. The van der Waals surface area contributed by atoms with Crippen LogP contribution in [0.3, 0.4) is 0 Å². The third kappa shape index (κ3) is 3.76. The van der Waals surface area contributed by atoms with Crippen LogP contribution >= 0.6 is 11.6 Å². The largest absolute Gasteiger partial charge is 0.497 e. The quantitative estimate of drug-likeness (QED) is 0.425. The van der Waals surface area contributed by atoms with Gasteiger partial charge in [-0.1, -0.05) is 29.8 Å². The van der Waals surface area contributed by atoms with Crippen molar-refractivity contribution >= 4 is 32.5 Å².